The molecule has 0 aliphatic carbocycles. The van der Waals surface area contributed by atoms with Crippen LogP contribution < -0.4 is 15.6 Å². The van der Waals surface area contributed by atoms with Crippen LogP contribution in [0.2, 0.25) is 5.02 Å². The number of halogens is 3. The molecule has 2 aromatic rings. The molecule has 0 saturated heterocycles. The summed E-state index contributed by atoms with van der Waals surface area (Å²) in [5.41, 5.74) is 4.99. The van der Waals surface area contributed by atoms with E-state index in [1.165, 1.54) is 12.1 Å². The standard InChI is InChI=1S/C16H13BrClFN2O3/c17-11-3-1-10(2-4-11)16(23)21-20-15(22)7-8-24-14-6-5-12(19)9-13(14)18/h1-6,9H,7-8H2,(H,20,22)(H,21,23). The van der Waals surface area contributed by atoms with Gasteiger partial charge < -0.3 is 4.74 Å². The molecule has 0 aromatic heterocycles. The number of carbonyl (C=O) groups excluding carboxylic acids is 2. The van der Waals surface area contributed by atoms with E-state index in [4.69, 9.17) is 16.3 Å². The highest BCUT2D eigenvalue weighted by Gasteiger charge is 2.08. The van der Waals surface area contributed by atoms with Crippen LogP contribution in [0.1, 0.15) is 16.8 Å². The molecule has 8 heteroatoms. The van der Waals surface area contributed by atoms with Gasteiger partial charge >= 0.3 is 0 Å². The number of benzene rings is 2. The quantitative estimate of drug-likeness (QED) is 0.735. The van der Waals surface area contributed by atoms with Crippen molar-refractivity contribution in [3.05, 3.63) is 63.3 Å². The van der Waals surface area contributed by atoms with Gasteiger partial charge in [-0.2, -0.15) is 0 Å². The van der Waals surface area contributed by atoms with E-state index in [0.29, 0.717) is 5.56 Å². The molecule has 0 bridgehead atoms. The first-order valence-corrected chi connectivity index (χ1v) is 8.05. The van der Waals surface area contributed by atoms with Crippen LogP contribution in [0, 0.1) is 5.82 Å². The van der Waals surface area contributed by atoms with Crippen LogP contribution in [0.3, 0.4) is 0 Å². The minimum absolute atomic E-state index is 0.00563. The predicted octanol–water partition coefficient (Wildman–Crippen LogP) is 3.47. The predicted molar refractivity (Wildman–Crippen MR) is 91.3 cm³/mol. The summed E-state index contributed by atoms with van der Waals surface area (Å²) in [7, 11) is 0. The minimum Gasteiger partial charge on any atom is -0.491 e. The average molecular weight is 416 g/mol. The van der Waals surface area contributed by atoms with Gasteiger partial charge in [-0.05, 0) is 42.5 Å². The third-order valence-electron chi connectivity index (χ3n) is 2.90. The lowest BCUT2D eigenvalue weighted by atomic mass is 10.2. The fourth-order valence-corrected chi connectivity index (χ4v) is 2.19. The molecule has 0 aliphatic heterocycles. The molecule has 0 spiro atoms. The lowest BCUT2D eigenvalue weighted by molar-refractivity contribution is -0.122. The van der Waals surface area contributed by atoms with E-state index >= 15 is 0 Å². The Hall–Kier alpha value is -2.12. The van der Waals surface area contributed by atoms with Crippen LogP contribution in [-0.4, -0.2) is 18.4 Å². The first kappa shape index (κ1) is 18.2. The van der Waals surface area contributed by atoms with Gasteiger partial charge in [0.2, 0.25) is 5.91 Å². The molecule has 0 unspecified atom stereocenters. The third kappa shape index (κ3) is 5.50. The van der Waals surface area contributed by atoms with Crippen LogP contribution in [0.4, 0.5) is 4.39 Å². The van der Waals surface area contributed by atoms with Crippen molar-refractivity contribution in [1.82, 2.24) is 10.9 Å². The van der Waals surface area contributed by atoms with Crippen molar-refractivity contribution < 1.29 is 18.7 Å². The summed E-state index contributed by atoms with van der Waals surface area (Å²) in [5, 5.41) is 0.124. The molecule has 0 saturated carbocycles. The summed E-state index contributed by atoms with van der Waals surface area (Å²) >= 11 is 9.07. The summed E-state index contributed by atoms with van der Waals surface area (Å²) in [5.74, 6) is -1.05. The Morgan fingerprint density at radius 3 is 2.50 bits per heavy atom. The smallest absolute Gasteiger partial charge is 0.269 e. The highest BCUT2D eigenvalue weighted by atomic mass is 79.9. The topological polar surface area (TPSA) is 67.4 Å². The molecule has 2 rings (SSSR count). The Balaban J connectivity index is 1.73. The van der Waals surface area contributed by atoms with Gasteiger partial charge in [0.1, 0.15) is 11.6 Å². The van der Waals surface area contributed by atoms with E-state index in [1.54, 1.807) is 24.3 Å². The van der Waals surface area contributed by atoms with Crippen molar-refractivity contribution in [2.75, 3.05) is 6.61 Å². The van der Waals surface area contributed by atoms with Gasteiger partial charge in [0.05, 0.1) is 18.1 Å². The van der Waals surface area contributed by atoms with Crippen LogP contribution >= 0.6 is 27.5 Å². The normalized spacial score (nSPS) is 10.1. The van der Waals surface area contributed by atoms with Gasteiger partial charge in [-0.25, -0.2) is 4.39 Å². The Kier molecular flexibility index (Phi) is 6.57. The fraction of sp³-hybridized carbons (Fsp3) is 0.125. The number of carbonyl (C=O) groups is 2. The molecule has 24 heavy (non-hydrogen) atoms. The number of hydrogen-bond acceptors (Lipinski definition) is 3. The number of nitrogens with one attached hydrogen (secondary N) is 2. The van der Waals surface area contributed by atoms with Gasteiger partial charge in [0.25, 0.3) is 5.91 Å². The molecule has 0 heterocycles. The number of amides is 2. The van der Waals surface area contributed by atoms with E-state index in [0.717, 1.165) is 10.5 Å². The highest BCUT2D eigenvalue weighted by Crippen LogP contribution is 2.24. The molecule has 0 fully saturated rings. The number of rotatable bonds is 5. The second kappa shape index (κ2) is 8.65. The summed E-state index contributed by atoms with van der Waals surface area (Å²) in [4.78, 5) is 23.5. The highest BCUT2D eigenvalue weighted by molar-refractivity contribution is 9.10. The Morgan fingerprint density at radius 2 is 1.83 bits per heavy atom. The largest absolute Gasteiger partial charge is 0.491 e. The van der Waals surface area contributed by atoms with Gasteiger partial charge in [-0.15, -0.1) is 0 Å². The first-order valence-electron chi connectivity index (χ1n) is 6.88. The SMILES string of the molecule is O=C(CCOc1ccc(F)cc1Cl)NNC(=O)c1ccc(Br)cc1. The van der Waals surface area contributed by atoms with E-state index in [2.05, 4.69) is 26.8 Å². The van der Waals surface area contributed by atoms with Crippen molar-refractivity contribution in [2.45, 2.75) is 6.42 Å². The zero-order chi connectivity index (χ0) is 17.5. The molecule has 126 valence electrons. The number of hydrogen-bond donors (Lipinski definition) is 2. The average Bonchev–Trinajstić information content (AvgIpc) is 2.55. The number of hydrazine groups is 1. The van der Waals surface area contributed by atoms with E-state index in [1.807, 2.05) is 0 Å². The van der Waals surface area contributed by atoms with Gasteiger partial charge in [0, 0.05) is 10.0 Å². The van der Waals surface area contributed by atoms with Gasteiger partial charge in [0.15, 0.2) is 0 Å². The molecule has 0 radical (unpaired) electrons. The lowest BCUT2D eigenvalue weighted by Gasteiger charge is -2.09. The maximum absolute atomic E-state index is 12.9. The molecule has 0 aliphatic rings. The Bertz CT molecular complexity index is 741. The van der Waals surface area contributed by atoms with E-state index in [9.17, 15) is 14.0 Å². The zero-order valence-electron chi connectivity index (χ0n) is 12.3. The van der Waals surface area contributed by atoms with Gasteiger partial charge in [-0.3, -0.25) is 20.4 Å². The van der Waals surface area contributed by atoms with Crippen molar-refractivity contribution in [3.8, 4) is 5.75 Å². The second-order valence-electron chi connectivity index (χ2n) is 4.68. The van der Waals surface area contributed by atoms with Crippen LogP contribution in [-0.2, 0) is 4.79 Å². The maximum Gasteiger partial charge on any atom is 0.269 e. The molecular formula is C16H13BrClFN2O3. The second-order valence-corrected chi connectivity index (χ2v) is 6.01. The first-order chi connectivity index (χ1) is 11.5. The molecule has 2 aromatic carbocycles. The van der Waals surface area contributed by atoms with E-state index < -0.39 is 17.6 Å². The van der Waals surface area contributed by atoms with Crippen molar-refractivity contribution in [3.63, 3.8) is 0 Å². The van der Waals surface area contributed by atoms with Crippen molar-refractivity contribution >= 4 is 39.3 Å². The zero-order valence-corrected chi connectivity index (χ0v) is 14.7. The molecule has 2 amide bonds. The van der Waals surface area contributed by atoms with Crippen LogP contribution in [0.25, 0.3) is 0 Å². The monoisotopic (exact) mass is 414 g/mol. The molecule has 5 nitrogen and oxygen atoms in total. The van der Waals surface area contributed by atoms with Crippen molar-refractivity contribution in [2.24, 2.45) is 0 Å². The number of ether oxygens (including phenoxy) is 1. The Labute approximate surface area is 151 Å². The molecule has 0 atom stereocenters. The molecule has 2 N–H and O–H groups in total. The summed E-state index contributed by atoms with van der Waals surface area (Å²) in [6, 6.07) is 10.4. The maximum atomic E-state index is 12.9. The molecular weight excluding hydrogens is 403 g/mol. The van der Waals surface area contributed by atoms with E-state index in [-0.39, 0.29) is 23.8 Å². The Morgan fingerprint density at radius 1 is 1.12 bits per heavy atom. The fourth-order valence-electron chi connectivity index (χ4n) is 1.71. The van der Waals surface area contributed by atoms with Crippen LogP contribution in [0.5, 0.6) is 5.75 Å². The minimum atomic E-state index is -0.472. The summed E-state index contributed by atoms with van der Waals surface area (Å²) in [6.45, 7) is 0.0331. The summed E-state index contributed by atoms with van der Waals surface area (Å²) in [6.07, 6.45) is -0.00563. The lowest BCUT2D eigenvalue weighted by Crippen LogP contribution is -2.42. The summed E-state index contributed by atoms with van der Waals surface area (Å²) < 4.78 is 19.0. The van der Waals surface area contributed by atoms with Crippen molar-refractivity contribution in [1.29, 1.82) is 0 Å². The third-order valence-corrected chi connectivity index (χ3v) is 3.73. The van der Waals surface area contributed by atoms with Crippen LogP contribution in [0.15, 0.2) is 46.9 Å². The van der Waals surface area contributed by atoms with Gasteiger partial charge in [-0.1, -0.05) is 27.5 Å².